The molecule has 140 valence electrons. The molecule has 1 aliphatic rings. The molecule has 1 atom stereocenters. The summed E-state index contributed by atoms with van der Waals surface area (Å²) in [5.41, 5.74) is 6.58. The van der Waals surface area contributed by atoms with Crippen LogP contribution in [0.5, 0.6) is 5.75 Å². The van der Waals surface area contributed by atoms with Crippen LogP contribution in [-0.2, 0) is 10.3 Å². The number of nitrogens with one attached hydrogen (secondary N) is 1. The summed E-state index contributed by atoms with van der Waals surface area (Å²) in [5, 5.41) is 2.83. The van der Waals surface area contributed by atoms with E-state index in [-0.39, 0.29) is 24.2 Å². The van der Waals surface area contributed by atoms with E-state index in [9.17, 15) is 9.59 Å². The molecule has 0 fully saturated rings. The van der Waals surface area contributed by atoms with Gasteiger partial charge in [-0.05, 0) is 43.3 Å². The lowest BCUT2D eigenvalue weighted by Crippen LogP contribution is -2.47. The van der Waals surface area contributed by atoms with Crippen molar-refractivity contribution in [3.05, 3.63) is 53.9 Å². The third kappa shape index (κ3) is 3.74. The van der Waals surface area contributed by atoms with Gasteiger partial charge in [0.15, 0.2) is 5.96 Å². The zero-order valence-electron chi connectivity index (χ0n) is 15.4. The Bertz CT molecular complexity index is 910. The normalized spacial score (nSPS) is 19.4. The highest BCUT2D eigenvalue weighted by atomic mass is 16.5. The first-order valence-electron chi connectivity index (χ1n) is 8.36. The number of carbonyl (C=O) groups excluding carboxylic acids is 2. The fourth-order valence-electron chi connectivity index (χ4n) is 2.80. The summed E-state index contributed by atoms with van der Waals surface area (Å²) in [7, 11) is 3.15. The lowest BCUT2D eigenvalue weighted by Gasteiger charge is -2.32. The monoisotopic (exact) mass is 367 g/mol. The van der Waals surface area contributed by atoms with E-state index in [4.69, 9.17) is 10.5 Å². The molecule has 8 heteroatoms. The maximum atomic E-state index is 12.4. The molecule has 1 aliphatic heterocycles. The number of anilines is 1. The Kier molecular flexibility index (Phi) is 4.81. The van der Waals surface area contributed by atoms with Gasteiger partial charge in [0, 0.05) is 24.5 Å². The third-order valence-electron chi connectivity index (χ3n) is 4.50. The number of nitrogens with zero attached hydrogens (tertiary/aromatic N) is 3. The first-order chi connectivity index (χ1) is 12.8. The fraction of sp³-hybridized carbons (Fsp3) is 0.263. The number of aromatic nitrogens is 1. The second-order valence-corrected chi connectivity index (χ2v) is 6.49. The van der Waals surface area contributed by atoms with Crippen LogP contribution in [0.1, 0.15) is 29.4 Å². The van der Waals surface area contributed by atoms with Gasteiger partial charge in [0.2, 0.25) is 5.91 Å². The van der Waals surface area contributed by atoms with E-state index < -0.39 is 5.54 Å². The average Bonchev–Trinajstić information content (AvgIpc) is 2.66. The van der Waals surface area contributed by atoms with E-state index >= 15 is 0 Å². The molecule has 0 saturated carbocycles. The Morgan fingerprint density at radius 1 is 1.30 bits per heavy atom. The van der Waals surface area contributed by atoms with E-state index in [2.05, 4.69) is 15.3 Å². The minimum Gasteiger partial charge on any atom is -0.497 e. The highest BCUT2D eigenvalue weighted by Gasteiger charge is 2.37. The largest absolute Gasteiger partial charge is 0.497 e. The van der Waals surface area contributed by atoms with Gasteiger partial charge in [-0.1, -0.05) is 0 Å². The summed E-state index contributed by atoms with van der Waals surface area (Å²) in [6.07, 6.45) is 1.71. The maximum absolute atomic E-state index is 12.4. The van der Waals surface area contributed by atoms with E-state index in [0.29, 0.717) is 22.7 Å². The van der Waals surface area contributed by atoms with Crippen LogP contribution in [0.4, 0.5) is 5.69 Å². The van der Waals surface area contributed by atoms with Crippen molar-refractivity contribution in [1.82, 2.24) is 9.88 Å². The quantitative estimate of drug-likeness (QED) is 0.855. The lowest BCUT2D eigenvalue weighted by molar-refractivity contribution is -0.128. The summed E-state index contributed by atoms with van der Waals surface area (Å²) >= 11 is 0. The molecule has 1 aromatic carbocycles. The van der Waals surface area contributed by atoms with Crippen LogP contribution < -0.4 is 15.8 Å². The van der Waals surface area contributed by atoms with Gasteiger partial charge in [0.1, 0.15) is 11.3 Å². The fourth-order valence-corrected chi connectivity index (χ4v) is 2.80. The molecule has 1 unspecified atom stereocenters. The molecule has 3 rings (SSSR count). The lowest BCUT2D eigenvalue weighted by atomic mass is 9.91. The standard InChI is InChI=1S/C19H21N5O3/c1-19(11-16(25)24(2)18(20)23-19)15-10-13(8-9-21-15)22-17(26)12-4-6-14(27-3)7-5-12/h4-10H,11H2,1-3H3,(H2,20,23)(H,21,22,26). The minimum atomic E-state index is -0.880. The SMILES string of the molecule is COc1ccc(C(=O)Nc2ccnc(C3(C)CC(=O)N(C)C(N)=N3)c2)cc1. The van der Waals surface area contributed by atoms with Gasteiger partial charge < -0.3 is 15.8 Å². The molecule has 27 heavy (non-hydrogen) atoms. The molecule has 3 N–H and O–H groups in total. The maximum Gasteiger partial charge on any atom is 0.255 e. The number of hydrogen-bond donors (Lipinski definition) is 2. The number of carbonyl (C=O) groups is 2. The zero-order valence-corrected chi connectivity index (χ0v) is 15.4. The number of pyridine rings is 1. The molecule has 2 aromatic rings. The first-order valence-corrected chi connectivity index (χ1v) is 8.36. The molecule has 0 saturated heterocycles. The number of hydrogen-bond acceptors (Lipinski definition) is 6. The Hall–Kier alpha value is -3.42. The molecule has 0 radical (unpaired) electrons. The van der Waals surface area contributed by atoms with Crippen molar-refractivity contribution in [2.75, 3.05) is 19.5 Å². The second kappa shape index (κ2) is 7.06. The van der Waals surface area contributed by atoms with Gasteiger partial charge in [-0.2, -0.15) is 0 Å². The van der Waals surface area contributed by atoms with Gasteiger partial charge >= 0.3 is 0 Å². The van der Waals surface area contributed by atoms with E-state index in [1.807, 2.05) is 0 Å². The number of ether oxygens (including phenoxy) is 1. The average molecular weight is 367 g/mol. The van der Waals surface area contributed by atoms with Crippen molar-refractivity contribution in [1.29, 1.82) is 0 Å². The Morgan fingerprint density at radius 2 is 2.00 bits per heavy atom. The van der Waals surface area contributed by atoms with Crippen LogP contribution in [0.3, 0.4) is 0 Å². The van der Waals surface area contributed by atoms with Crippen LogP contribution in [0, 0.1) is 0 Å². The summed E-state index contributed by atoms with van der Waals surface area (Å²) < 4.78 is 5.09. The molecular weight excluding hydrogens is 346 g/mol. The predicted molar refractivity (Wildman–Crippen MR) is 102 cm³/mol. The summed E-state index contributed by atoms with van der Waals surface area (Å²) in [5.74, 6) is 0.415. The molecule has 2 amide bonds. The number of rotatable bonds is 4. The van der Waals surface area contributed by atoms with Crippen molar-refractivity contribution >= 4 is 23.5 Å². The topological polar surface area (TPSA) is 110 Å². The molecular formula is C19H21N5O3. The molecule has 8 nitrogen and oxygen atoms in total. The van der Waals surface area contributed by atoms with E-state index in [1.54, 1.807) is 63.7 Å². The summed E-state index contributed by atoms with van der Waals surface area (Å²) in [6.45, 7) is 1.79. The van der Waals surface area contributed by atoms with Crippen molar-refractivity contribution in [2.45, 2.75) is 18.9 Å². The van der Waals surface area contributed by atoms with Crippen LogP contribution in [-0.4, -0.2) is 41.8 Å². The molecule has 2 heterocycles. The Labute approximate surface area is 157 Å². The zero-order chi connectivity index (χ0) is 19.6. The van der Waals surface area contributed by atoms with Gasteiger partial charge in [0.25, 0.3) is 5.91 Å². The highest BCUT2D eigenvalue weighted by molar-refractivity contribution is 6.04. The van der Waals surface area contributed by atoms with Crippen molar-refractivity contribution < 1.29 is 14.3 Å². The van der Waals surface area contributed by atoms with E-state index in [0.717, 1.165) is 0 Å². The third-order valence-corrected chi connectivity index (χ3v) is 4.50. The summed E-state index contributed by atoms with van der Waals surface area (Å²) in [4.78, 5) is 34.7. The number of guanidine groups is 1. The number of nitrogens with two attached hydrogens (primary N) is 1. The Morgan fingerprint density at radius 3 is 2.63 bits per heavy atom. The number of amides is 2. The van der Waals surface area contributed by atoms with Gasteiger partial charge in [-0.25, -0.2) is 4.99 Å². The highest BCUT2D eigenvalue weighted by Crippen LogP contribution is 2.32. The van der Waals surface area contributed by atoms with Gasteiger partial charge in [-0.15, -0.1) is 0 Å². The van der Waals surface area contributed by atoms with Crippen LogP contribution in [0.15, 0.2) is 47.6 Å². The molecule has 0 aliphatic carbocycles. The summed E-state index contributed by atoms with van der Waals surface area (Å²) in [6, 6.07) is 10.2. The Balaban J connectivity index is 1.83. The van der Waals surface area contributed by atoms with E-state index in [1.165, 1.54) is 4.90 Å². The first kappa shape index (κ1) is 18.4. The van der Waals surface area contributed by atoms with Gasteiger partial charge in [-0.3, -0.25) is 19.5 Å². The van der Waals surface area contributed by atoms with Crippen molar-refractivity contribution in [2.24, 2.45) is 10.7 Å². The van der Waals surface area contributed by atoms with Gasteiger partial charge in [0.05, 0.1) is 19.2 Å². The van der Waals surface area contributed by atoms with Crippen LogP contribution >= 0.6 is 0 Å². The molecule has 0 bridgehead atoms. The number of methoxy groups -OCH3 is 1. The molecule has 0 spiro atoms. The number of benzene rings is 1. The minimum absolute atomic E-state index is 0.139. The number of aliphatic imine (C=N–C) groups is 1. The van der Waals surface area contributed by atoms with Crippen LogP contribution in [0.2, 0.25) is 0 Å². The second-order valence-electron chi connectivity index (χ2n) is 6.49. The van der Waals surface area contributed by atoms with Crippen molar-refractivity contribution in [3.63, 3.8) is 0 Å². The van der Waals surface area contributed by atoms with Crippen molar-refractivity contribution in [3.8, 4) is 5.75 Å². The smallest absolute Gasteiger partial charge is 0.255 e. The molecule has 1 aromatic heterocycles. The predicted octanol–water partition coefficient (Wildman–Crippen LogP) is 1.73. The van der Waals surface area contributed by atoms with Crippen LogP contribution in [0.25, 0.3) is 0 Å².